The number of nitrogens with zero attached hydrogens (tertiary/aromatic N) is 3. The van der Waals surface area contributed by atoms with Crippen LogP contribution in [-0.2, 0) is 0 Å². The zero-order valence-corrected chi connectivity index (χ0v) is 15.4. The number of rotatable bonds is 3. The van der Waals surface area contributed by atoms with Gasteiger partial charge in [-0.15, -0.1) is 0 Å². The van der Waals surface area contributed by atoms with Crippen molar-refractivity contribution in [3.8, 4) is 22.4 Å². The van der Waals surface area contributed by atoms with Crippen LogP contribution < -0.4 is 5.43 Å². The van der Waals surface area contributed by atoms with E-state index in [9.17, 15) is 14.9 Å². The van der Waals surface area contributed by atoms with Crippen LogP contribution in [0.3, 0.4) is 0 Å². The number of aromatic nitrogens is 3. The molecule has 138 valence electrons. The van der Waals surface area contributed by atoms with Gasteiger partial charge >= 0.3 is 0 Å². The van der Waals surface area contributed by atoms with E-state index in [4.69, 9.17) is 11.6 Å². The van der Waals surface area contributed by atoms with E-state index in [-0.39, 0.29) is 27.4 Å². The van der Waals surface area contributed by atoms with Gasteiger partial charge in [0.15, 0.2) is 5.43 Å². The third-order valence-electron chi connectivity index (χ3n) is 4.31. The lowest BCUT2D eigenvalue weighted by Gasteiger charge is -2.13. The molecule has 3 heterocycles. The monoisotopic (exact) mass is 392 g/mol. The number of hydrogen-bond donors (Lipinski definition) is 1. The molecular formula is C20H13ClN4O3. The normalized spacial score (nSPS) is 10.9. The van der Waals surface area contributed by atoms with Gasteiger partial charge in [-0.05, 0) is 24.6 Å². The molecule has 0 bridgehead atoms. The quantitative estimate of drug-likeness (QED) is 0.313. The summed E-state index contributed by atoms with van der Waals surface area (Å²) in [6.07, 6.45) is 1.42. The van der Waals surface area contributed by atoms with Crippen molar-refractivity contribution >= 4 is 28.3 Å². The predicted octanol–water partition coefficient (Wildman–Crippen LogP) is 4.52. The van der Waals surface area contributed by atoms with E-state index in [1.54, 1.807) is 25.1 Å². The zero-order chi connectivity index (χ0) is 19.8. The summed E-state index contributed by atoms with van der Waals surface area (Å²) in [6, 6.07) is 13.5. The van der Waals surface area contributed by atoms with Gasteiger partial charge in [0.1, 0.15) is 16.2 Å². The minimum absolute atomic E-state index is 0.0761. The first-order valence-electron chi connectivity index (χ1n) is 8.35. The SMILES string of the molecule is Cc1cc(-c2c(-c3ccccc3)nc3[nH]ccc(=O)c3c2[N+](=O)[O-])cc(Cl)n1. The lowest BCUT2D eigenvalue weighted by molar-refractivity contribution is -0.382. The molecule has 28 heavy (non-hydrogen) atoms. The van der Waals surface area contributed by atoms with Crippen LogP contribution in [0.15, 0.2) is 59.5 Å². The highest BCUT2D eigenvalue weighted by molar-refractivity contribution is 6.29. The van der Waals surface area contributed by atoms with Gasteiger partial charge in [-0.2, -0.15) is 0 Å². The fourth-order valence-electron chi connectivity index (χ4n) is 3.22. The molecule has 0 saturated heterocycles. The second kappa shape index (κ2) is 6.86. The molecule has 4 aromatic rings. The summed E-state index contributed by atoms with van der Waals surface area (Å²) in [5.74, 6) is 0. The van der Waals surface area contributed by atoms with Crippen LogP contribution >= 0.6 is 11.6 Å². The van der Waals surface area contributed by atoms with Crippen LogP contribution in [0.4, 0.5) is 5.69 Å². The second-order valence-corrected chi connectivity index (χ2v) is 6.58. The fraction of sp³-hybridized carbons (Fsp3) is 0.0500. The van der Waals surface area contributed by atoms with Gasteiger partial charge in [0, 0.05) is 23.5 Å². The summed E-state index contributed by atoms with van der Waals surface area (Å²) < 4.78 is 0. The minimum Gasteiger partial charge on any atom is -0.346 e. The van der Waals surface area contributed by atoms with Crippen molar-refractivity contribution in [3.63, 3.8) is 0 Å². The summed E-state index contributed by atoms with van der Waals surface area (Å²) in [5.41, 5.74) is 1.71. The Balaban J connectivity index is 2.25. The van der Waals surface area contributed by atoms with Crippen LogP contribution in [-0.4, -0.2) is 19.9 Å². The van der Waals surface area contributed by atoms with E-state index < -0.39 is 10.4 Å². The summed E-state index contributed by atoms with van der Waals surface area (Å²) in [6.45, 7) is 1.74. The summed E-state index contributed by atoms with van der Waals surface area (Å²) >= 11 is 6.11. The van der Waals surface area contributed by atoms with Crippen molar-refractivity contribution < 1.29 is 4.92 Å². The molecule has 0 atom stereocenters. The van der Waals surface area contributed by atoms with Crippen LogP contribution in [0.2, 0.25) is 5.15 Å². The van der Waals surface area contributed by atoms with Gasteiger partial charge in [0.2, 0.25) is 0 Å². The lowest BCUT2D eigenvalue weighted by Crippen LogP contribution is -2.08. The molecule has 4 rings (SSSR count). The maximum absolute atomic E-state index is 12.5. The van der Waals surface area contributed by atoms with Crippen LogP contribution in [0.5, 0.6) is 0 Å². The smallest absolute Gasteiger partial charge is 0.294 e. The number of nitrogens with one attached hydrogen (secondary N) is 1. The molecule has 0 aliphatic carbocycles. The first-order chi connectivity index (χ1) is 13.5. The molecule has 3 aromatic heterocycles. The van der Waals surface area contributed by atoms with Gasteiger partial charge in [-0.25, -0.2) is 9.97 Å². The number of benzene rings is 1. The number of hydrogen-bond acceptors (Lipinski definition) is 5. The number of aromatic amines is 1. The highest BCUT2D eigenvalue weighted by atomic mass is 35.5. The number of fused-ring (bicyclic) bond motifs is 1. The Morgan fingerprint density at radius 3 is 2.50 bits per heavy atom. The number of pyridine rings is 3. The highest BCUT2D eigenvalue weighted by Crippen LogP contribution is 2.41. The summed E-state index contributed by atoms with van der Waals surface area (Å²) in [5, 5.41) is 12.2. The molecule has 0 aliphatic rings. The largest absolute Gasteiger partial charge is 0.346 e. The third-order valence-corrected chi connectivity index (χ3v) is 4.51. The molecular weight excluding hydrogens is 380 g/mol. The van der Waals surface area contributed by atoms with E-state index in [1.807, 2.05) is 18.2 Å². The second-order valence-electron chi connectivity index (χ2n) is 6.19. The van der Waals surface area contributed by atoms with Gasteiger partial charge in [-0.1, -0.05) is 41.9 Å². The topological polar surface area (TPSA) is 102 Å². The van der Waals surface area contributed by atoms with Crippen molar-refractivity contribution in [2.75, 3.05) is 0 Å². The summed E-state index contributed by atoms with van der Waals surface area (Å²) in [7, 11) is 0. The number of nitro groups is 1. The maximum Gasteiger partial charge on any atom is 0.294 e. The molecule has 0 spiro atoms. The molecule has 0 unspecified atom stereocenters. The molecule has 1 aromatic carbocycles. The Morgan fingerprint density at radius 2 is 1.82 bits per heavy atom. The number of H-pyrrole nitrogens is 1. The molecule has 0 fully saturated rings. The van der Waals surface area contributed by atoms with Crippen LogP contribution in [0.25, 0.3) is 33.4 Å². The van der Waals surface area contributed by atoms with Crippen molar-refractivity contribution in [1.82, 2.24) is 15.0 Å². The van der Waals surface area contributed by atoms with Crippen molar-refractivity contribution in [1.29, 1.82) is 0 Å². The van der Waals surface area contributed by atoms with Gasteiger partial charge in [0.05, 0.1) is 16.2 Å². The average molecular weight is 393 g/mol. The minimum atomic E-state index is -0.551. The zero-order valence-electron chi connectivity index (χ0n) is 14.6. The standard InChI is InChI=1S/C20H13ClN4O3/c1-11-9-13(10-15(21)23-11)16-18(12-5-3-2-4-6-12)24-20-17(19(16)25(27)28)14(26)7-8-22-20/h2-10H,1H3,(H,22,24,26). The van der Waals surface area contributed by atoms with Crippen LogP contribution in [0, 0.1) is 17.0 Å². The van der Waals surface area contributed by atoms with Crippen molar-refractivity contribution in [2.24, 2.45) is 0 Å². The first-order valence-corrected chi connectivity index (χ1v) is 8.73. The van der Waals surface area contributed by atoms with E-state index in [0.29, 0.717) is 22.5 Å². The predicted molar refractivity (Wildman–Crippen MR) is 107 cm³/mol. The molecule has 0 saturated carbocycles. The molecule has 0 radical (unpaired) electrons. The number of halogens is 1. The maximum atomic E-state index is 12.5. The van der Waals surface area contributed by atoms with Crippen molar-refractivity contribution in [3.05, 3.63) is 85.9 Å². The molecule has 8 heteroatoms. The molecule has 0 amide bonds. The van der Waals surface area contributed by atoms with Gasteiger partial charge in [-0.3, -0.25) is 14.9 Å². The Hall–Kier alpha value is -3.58. The molecule has 1 N–H and O–H groups in total. The Bertz CT molecular complexity index is 1270. The lowest BCUT2D eigenvalue weighted by atomic mass is 9.96. The Labute approximate surface area is 163 Å². The first kappa shape index (κ1) is 17.8. The van der Waals surface area contributed by atoms with E-state index >= 15 is 0 Å². The van der Waals surface area contributed by atoms with E-state index in [1.165, 1.54) is 18.3 Å². The number of aryl methyl sites for hydroxylation is 1. The van der Waals surface area contributed by atoms with Crippen LogP contribution in [0.1, 0.15) is 5.69 Å². The molecule has 0 aliphatic heterocycles. The average Bonchev–Trinajstić information content (AvgIpc) is 2.66. The highest BCUT2D eigenvalue weighted by Gasteiger charge is 2.28. The fourth-order valence-corrected chi connectivity index (χ4v) is 3.47. The Morgan fingerprint density at radius 1 is 1.07 bits per heavy atom. The molecule has 7 nitrogen and oxygen atoms in total. The van der Waals surface area contributed by atoms with E-state index in [2.05, 4.69) is 15.0 Å². The Kier molecular flexibility index (Phi) is 4.37. The van der Waals surface area contributed by atoms with E-state index in [0.717, 1.165) is 0 Å². The van der Waals surface area contributed by atoms with Gasteiger partial charge < -0.3 is 4.98 Å². The third kappa shape index (κ3) is 3.01. The summed E-state index contributed by atoms with van der Waals surface area (Å²) in [4.78, 5) is 35.5. The van der Waals surface area contributed by atoms with Crippen molar-refractivity contribution in [2.45, 2.75) is 6.92 Å². The van der Waals surface area contributed by atoms with Gasteiger partial charge in [0.25, 0.3) is 5.69 Å².